The first-order valence-corrected chi connectivity index (χ1v) is 3.58. The third kappa shape index (κ3) is 1.70. The Morgan fingerprint density at radius 1 is 1.80 bits per heavy atom. The molecule has 1 aromatic rings. The second-order valence-electron chi connectivity index (χ2n) is 1.68. The van der Waals surface area contributed by atoms with Gasteiger partial charge in [-0.05, 0) is 6.92 Å². The van der Waals surface area contributed by atoms with E-state index in [0.29, 0.717) is 11.5 Å². The van der Waals surface area contributed by atoms with Crippen LogP contribution in [0.3, 0.4) is 0 Å². The second kappa shape index (κ2) is 3.17. The van der Waals surface area contributed by atoms with Crippen LogP contribution in [-0.2, 0) is 4.79 Å². The summed E-state index contributed by atoms with van der Waals surface area (Å²) in [6.45, 7) is 1.89. The number of amides is 1. The number of rotatable bonds is 3. The minimum absolute atomic E-state index is 0.566. The average molecular weight is 157 g/mol. The van der Waals surface area contributed by atoms with Crippen LogP contribution in [0.25, 0.3) is 0 Å². The number of hydrazine groups is 1. The molecule has 4 nitrogen and oxygen atoms in total. The molecule has 1 rings (SSSR count). The number of aromatic nitrogens is 1. The molecule has 0 radical (unpaired) electrons. The number of carbonyl (C=O) groups is 1. The smallest absolute Gasteiger partial charge is 0.225 e. The predicted molar refractivity (Wildman–Crippen MR) is 39.7 cm³/mol. The van der Waals surface area contributed by atoms with Crippen molar-refractivity contribution in [1.29, 1.82) is 0 Å². The van der Waals surface area contributed by atoms with Gasteiger partial charge in [0.1, 0.15) is 0 Å². The fraction of sp³-hybridized carbons (Fsp3) is 0.200. The van der Waals surface area contributed by atoms with Crippen LogP contribution in [0.15, 0.2) is 5.38 Å². The van der Waals surface area contributed by atoms with Crippen LogP contribution in [0.4, 0.5) is 5.13 Å². The van der Waals surface area contributed by atoms with Gasteiger partial charge < -0.3 is 0 Å². The van der Waals surface area contributed by atoms with E-state index in [1.165, 1.54) is 11.3 Å². The Labute approximate surface area is 62.3 Å². The van der Waals surface area contributed by atoms with Crippen LogP contribution in [0.2, 0.25) is 0 Å². The van der Waals surface area contributed by atoms with Gasteiger partial charge in [-0.1, -0.05) is 0 Å². The highest BCUT2D eigenvalue weighted by Gasteiger charge is 1.93. The van der Waals surface area contributed by atoms with Crippen molar-refractivity contribution in [3.05, 3.63) is 11.1 Å². The second-order valence-corrected chi connectivity index (χ2v) is 2.54. The Bertz CT molecular complexity index is 222. The predicted octanol–water partition coefficient (Wildman–Crippen LogP) is 0.524. The zero-order valence-electron chi connectivity index (χ0n) is 5.42. The number of nitrogens with zero attached hydrogens (tertiary/aromatic N) is 1. The summed E-state index contributed by atoms with van der Waals surface area (Å²) in [7, 11) is 0. The van der Waals surface area contributed by atoms with Gasteiger partial charge in [-0.25, -0.2) is 4.98 Å². The molecule has 0 saturated heterocycles. The fourth-order valence-electron chi connectivity index (χ4n) is 0.503. The summed E-state index contributed by atoms with van der Waals surface area (Å²) < 4.78 is 0. The Balaban J connectivity index is 2.49. The van der Waals surface area contributed by atoms with Crippen LogP contribution in [0.5, 0.6) is 0 Å². The van der Waals surface area contributed by atoms with Gasteiger partial charge in [-0.3, -0.25) is 15.6 Å². The lowest BCUT2D eigenvalue weighted by atomic mass is 10.6. The summed E-state index contributed by atoms with van der Waals surface area (Å²) in [4.78, 5) is 13.8. The van der Waals surface area contributed by atoms with E-state index in [4.69, 9.17) is 0 Å². The number of nitrogens with one attached hydrogen (secondary N) is 2. The van der Waals surface area contributed by atoms with E-state index in [1.54, 1.807) is 0 Å². The molecule has 1 aromatic heterocycles. The zero-order chi connectivity index (χ0) is 7.40. The first-order valence-electron chi connectivity index (χ1n) is 2.70. The third-order valence-corrected chi connectivity index (χ3v) is 1.73. The number of hydrogen-bond acceptors (Lipinski definition) is 4. The standard InChI is InChI=1S/C5H7N3OS/c1-4-2-10-5(7-4)8-6-3-9/h2-3H,1H3,(H,6,9)(H,7,8). The quantitative estimate of drug-likeness (QED) is 0.497. The molecule has 0 fully saturated rings. The van der Waals surface area contributed by atoms with E-state index in [0.717, 1.165) is 5.69 Å². The summed E-state index contributed by atoms with van der Waals surface area (Å²) in [5.74, 6) is 0. The third-order valence-electron chi connectivity index (χ3n) is 0.857. The molecule has 10 heavy (non-hydrogen) atoms. The Hall–Kier alpha value is -1.10. The summed E-state index contributed by atoms with van der Waals surface area (Å²) in [6.07, 6.45) is 0.566. The van der Waals surface area contributed by atoms with Crippen LogP contribution in [0, 0.1) is 6.92 Å². The molecule has 54 valence electrons. The van der Waals surface area contributed by atoms with E-state index in [2.05, 4.69) is 15.8 Å². The molecule has 1 heterocycles. The molecule has 0 aromatic carbocycles. The van der Waals surface area contributed by atoms with Gasteiger partial charge in [0.05, 0.1) is 5.69 Å². The Morgan fingerprint density at radius 3 is 3.10 bits per heavy atom. The van der Waals surface area contributed by atoms with Crippen molar-refractivity contribution in [2.75, 3.05) is 5.43 Å². The molecular formula is C5H7N3OS. The molecule has 0 saturated carbocycles. The molecule has 0 unspecified atom stereocenters. The molecule has 1 amide bonds. The monoisotopic (exact) mass is 157 g/mol. The van der Waals surface area contributed by atoms with Crippen LogP contribution >= 0.6 is 11.3 Å². The number of aryl methyl sites for hydroxylation is 1. The SMILES string of the molecule is Cc1csc(NNC=O)n1. The number of thiazole rings is 1. The van der Waals surface area contributed by atoms with Crippen molar-refractivity contribution >= 4 is 22.9 Å². The molecule has 2 N–H and O–H groups in total. The summed E-state index contributed by atoms with van der Waals surface area (Å²) >= 11 is 1.45. The summed E-state index contributed by atoms with van der Waals surface area (Å²) in [5, 5.41) is 2.60. The maximum absolute atomic E-state index is 9.79. The van der Waals surface area contributed by atoms with Gasteiger partial charge in [0.25, 0.3) is 0 Å². The van der Waals surface area contributed by atoms with Gasteiger partial charge in [-0.15, -0.1) is 11.3 Å². The van der Waals surface area contributed by atoms with Gasteiger partial charge in [-0.2, -0.15) is 0 Å². The van der Waals surface area contributed by atoms with Crippen molar-refractivity contribution in [3.63, 3.8) is 0 Å². The summed E-state index contributed by atoms with van der Waals surface area (Å²) in [5.41, 5.74) is 5.84. The number of anilines is 1. The highest BCUT2D eigenvalue weighted by Crippen LogP contribution is 2.12. The van der Waals surface area contributed by atoms with Gasteiger partial charge in [0, 0.05) is 5.38 Å². The van der Waals surface area contributed by atoms with Gasteiger partial charge >= 0.3 is 0 Å². The van der Waals surface area contributed by atoms with Crippen molar-refractivity contribution in [1.82, 2.24) is 10.4 Å². The molecule has 5 heteroatoms. The van der Waals surface area contributed by atoms with Crippen LogP contribution in [-0.4, -0.2) is 11.4 Å². The minimum Gasteiger partial charge on any atom is -0.277 e. The first-order chi connectivity index (χ1) is 4.83. The van der Waals surface area contributed by atoms with Gasteiger partial charge in [0.15, 0.2) is 0 Å². The maximum atomic E-state index is 9.79. The summed E-state index contributed by atoms with van der Waals surface area (Å²) in [6, 6.07) is 0. The van der Waals surface area contributed by atoms with E-state index >= 15 is 0 Å². The maximum Gasteiger partial charge on any atom is 0.225 e. The van der Waals surface area contributed by atoms with E-state index in [1.807, 2.05) is 12.3 Å². The lowest BCUT2D eigenvalue weighted by molar-refractivity contribution is -0.109. The van der Waals surface area contributed by atoms with Crippen molar-refractivity contribution in [2.24, 2.45) is 0 Å². The Kier molecular flexibility index (Phi) is 2.22. The molecule has 0 spiro atoms. The van der Waals surface area contributed by atoms with Crippen molar-refractivity contribution in [2.45, 2.75) is 6.92 Å². The highest BCUT2D eigenvalue weighted by atomic mass is 32.1. The van der Waals surface area contributed by atoms with Crippen LogP contribution in [0.1, 0.15) is 5.69 Å². The molecule has 0 atom stereocenters. The van der Waals surface area contributed by atoms with Crippen molar-refractivity contribution in [3.8, 4) is 0 Å². The molecule has 0 aliphatic carbocycles. The number of hydrogen-bond donors (Lipinski definition) is 2. The van der Waals surface area contributed by atoms with E-state index in [9.17, 15) is 4.79 Å². The average Bonchev–Trinajstić information content (AvgIpc) is 2.31. The molecule has 0 aliphatic rings. The molecular weight excluding hydrogens is 150 g/mol. The van der Waals surface area contributed by atoms with Gasteiger partial charge in [0.2, 0.25) is 11.5 Å². The van der Waals surface area contributed by atoms with Crippen LogP contribution < -0.4 is 10.9 Å². The topological polar surface area (TPSA) is 54.0 Å². The molecule has 0 bridgehead atoms. The normalized spacial score (nSPS) is 8.90. The highest BCUT2D eigenvalue weighted by molar-refractivity contribution is 7.13. The Morgan fingerprint density at radius 2 is 2.60 bits per heavy atom. The fourth-order valence-corrected chi connectivity index (χ4v) is 1.15. The lowest BCUT2D eigenvalue weighted by Crippen LogP contribution is -2.18. The van der Waals surface area contributed by atoms with E-state index < -0.39 is 0 Å². The lowest BCUT2D eigenvalue weighted by Gasteiger charge is -1.95. The zero-order valence-corrected chi connectivity index (χ0v) is 6.23. The largest absolute Gasteiger partial charge is 0.277 e. The molecule has 0 aliphatic heterocycles. The van der Waals surface area contributed by atoms with Crippen molar-refractivity contribution < 1.29 is 4.79 Å². The van der Waals surface area contributed by atoms with E-state index in [-0.39, 0.29) is 0 Å². The first kappa shape index (κ1) is 7.01. The minimum atomic E-state index is 0.566. The number of carbonyl (C=O) groups excluding carboxylic acids is 1.